The number of fused-ring (bicyclic) bond motifs is 1. The molecule has 1 aliphatic heterocycles. The molecule has 1 aliphatic rings. The minimum absolute atomic E-state index is 0.0232. The third-order valence-electron chi connectivity index (χ3n) is 3.08. The molecule has 2 heterocycles. The lowest BCUT2D eigenvalue weighted by molar-refractivity contribution is 0.0522. The highest BCUT2D eigenvalue weighted by Gasteiger charge is 2.27. The number of carbonyl (C=O) groups is 1. The monoisotopic (exact) mass is 373 g/mol. The molecule has 0 atom stereocenters. The molecule has 0 aliphatic carbocycles. The molecule has 1 aromatic heterocycles. The van der Waals surface area contributed by atoms with Gasteiger partial charge < -0.3 is 14.2 Å². The van der Waals surface area contributed by atoms with Gasteiger partial charge >= 0.3 is 5.97 Å². The van der Waals surface area contributed by atoms with E-state index in [1.165, 1.54) is 12.1 Å². The van der Waals surface area contributed by atoms with Crippen LogP contribution in [0.4, 0.5) is 5.69 Å². The van der Waals surface area contributed by atoms with Gasteiger partial charge in [-0.1, -0.05) is 11.6 Å². The Bertz CT molecular complexity index is 895. The number of halogens is 1. The third-order valence-corrected chi connectivity index (χ3v) is 4.73. The van der Waals surface area contributed by atoms with E-state index in [0.717, 1.165) is 6.20 Å². The lowest BCUT2D eigenvalue weighted by Gasteiger charge is -2.10. The number of nitrogens with one attached hydrogen (secondary N) is 2. The summed E-state index contributed by atoms with van der Waals surface area (Å²) in [6.07, 6.45) is 1.08. The average Bonchev–Trinajstić information content (AvgIpc) is 3.16. The molecule has 0 saturated heterocycles. The van der Waals surface area contributed by atoms with Gasteiger partial charge in [0, 0.05) is 12.1 Å². The molecule has 0 bridgehead atoms. The van der Waals surface area contributed by atoms with Crippen molar-refractivity contribution in [3.63, 3.8) is 0 Å². The number of benzene rings is 1. The number of carbonyl (C=O) groups excluding carboxylic acids is 1. The molecule has 0 saturated carbocycles. The van der Waals surface area contributed by atoms with Crippen LogP contribution in [0.15, 0.2) is 23.4 Å². The Morgan fingerprint density at radius 3 is 2.83 bits per heavy atom. The van der Waals surface area contributed by atoms with Crippen LogP contribution in [0, 0.1) is 0 Å². The lowest BCUT2D eigenvalue weighted by atomic mass is 10.3. The van der Waals surface area contributed by atoms with Crippen LogP contribution in [0.5, 0.6) is 11.5 Å². The summed E-state index contributed by atoms with van der Waals surface area (Å²) >= 11 is 6.05. The summed E-state index contributed by atoms with van der Waals surface area (Å²) in [4.78, 5) is 11.8. The summed E-state index contributed by atoms with van der Waals surface area (Å²) in [5.41, 5.74) is -0.133. The van der Waals surface area contributed by atoms with Crippen molar-refractivity contribution >= 4 is 33.3 Å². The van der Waals surface area contributed by atoms with E-state index in [9.17, 15) is 13.2 Å². The van der Waals surface area contributed by atoms with Crippen LogP contribution in [0.1, 0.15) is 17.3 Å². The van der Waals surface area contributed by atoms with Crippen molar-refractivity contribution in [1.82, 2.24) is 10.2 Å². The van der Waals surface area contributed by atoms with Gasteiger partial charge in [0.15, 0.2) is 16.5 Å². The standard InChI is InChI=1S/C13H12ClN3O6S/c1-2-21-13(18)7-5-15-16-12(7)24(19,20)17-9-4-11-10(3-8(9)14)22-6-23-11/h3-5,17H,2,6H2,1H3,(H,15,16). The molecule has 9 nitrogen and oxygen atoms in total. The Labute approximate surface area is 141 Å². The molecule has 0 fully saturated rings. The maximum atomic E-state index is 12.5. The first-order valence-electron chi connectivity index (χ1n) is 6.75. The van der Waals surface area contributed by atoms with Crippen molar-refractivity contribution in [1.29, 1.82) is 0 Å². The van der Waals surface area contributed by atoms with Gasteiger partial charge in [-0.25, -0.2) is 4.79 Å². The third kappa shape index (κ3) is 2.97. The van der Waals surface area contributed by atoms with E-state index in [2.05, 4.69) is 14.9 Å². The minimum Gasteiger partial charge on any atom is -0.462 e. The topological polar surface area (TPSA) is 120 Å². The molecular formula is C13H12ClN3O6S. The van der Waals surface area contributed by atoms with Gasteiger partial charge in [-0.3, -0.25) is 9.82 Å². The second-order valence-corrected chi connectivity index (χ2v) is 6.65. The Kier molecular flexibility index (Phi) is 4.24. The smallest absolute Gasteiger partial charge is 0.342 e. The predicted molar refractivity (Wildman–Crippen MR) is 82.9 cm³/mol. The number of rotatable bonds is 5. The predicted octanol–water partition coefficient (Wildman–Crippen LogP) is 1.77. The molecule has 0 amide bonds. The zero-order chi connectivity index (χ0) is 17.3. The van der Waals surface area contributed by atoms with Crippen LogP contribution < -0.4 is 14.2 Å². The number of hydrogen-bond donors (Lipinski definition) is 2. The first-order chi connectivity index (χ1) is 11.4. The summed E-state index contributed by atoms with van der Waals surface area (Å²) in [5, 5.41) is 5.56. The van der Waals surface area contributed by atoms with E-state index in [1.807, 2.05) is 0 Å². The van der Waals surface area contributed by atoms with Gasteiger partial charge in [0.25, 0.3) is 10.0 Å². The number of anilines is 1. The van der Waals surface area contributed by atoms with E-state index in [4.69, 9.17) is 25.8 Å². The van der Waals surface area contributed by atoms with Gasteiger partial charge in [-0.15, -0.1) is 0 Å². The zero-order valence-corrected chi connectivity index (χ0v) is 13.9. The van der Waals surface area contributed by atoms with Crippen molar-refractivity contribution < 1.29 is 27.4 Å². The molecule has 1 aromatic carbocycles. The molecule has 2 N–H and O–H groups in total. The lowest BCUT2D eigenvalue weighted by Crippen LogP contribution is -2.18. The Morgan fingerprint density at radius 2 is 2.12 bits per heavy atom. The number of aromatic nitrogens is 2. The van der Waals surface area contributed by atoms with Crippen molar-refractivity contribution in [3.05, 3.63) is 28.9 Å². The highest BCUT2D eigenvalue weighted by Crippen LogP contribution is 2.39. The summed E-state index contributed by atoms with van der Waals surface area (Å²) in [5.74, 6) is -0.0348. The summed E-state index contributed by atoms with van der Waals surface area (Å²) in [7, 11) is -4.15. The summed E-state index contributed by atoms with van der Waals surface area (Å²) < 4.78 is 42.5. The number of aromatic amines is 1. The summed E-state index contributed by atoms with van der Waals surface area (Å²) in [6.45, 7) is 1.73. The van der Waals surface area contributed by atoms with Crippen LogP contribution in [-0.4, -0.2) is 38.0 Å². The molecular weight excluding hydrogens is 362 g/mol. The fraction of sp³-hybridized carbons (Fsp3) is 0.231. The molecule has 128 valence electrons. The number of nitrogens with zero attached hydrogens (tertiary/aromatic N) is 1. The average molecular weight is 374 g/mol. The van der Waals surface area contributed by atoms with Crippen LogP contribution in [0.2, 0.25) is 5.02 Å². The zero-order valence-electron chi connectivity index (χ0n) is 12.3. The SMILES string of the molecule is CCOC(=O)c1cn[nH]c1S(=O)(=O)Nc1cc2c(cc1Cl)OCO2. The van der Waals surface area contributed by atoms with E-state index < -0.39 is 21.0 Å². The van der Waals surface area contributed by atoms with Crippen LogP contribution in [-0.2, 0) is 14.8 Å². The second-order valence-electron chi connectivity index (χ2n) is 4.62. The fourth-order valence-electron chi connectivity index (χ4n) is 2.02. The molecule has 11 heteroatoms. The first kappa shape index (κ1) is 16.4. The quantitative estimate of drug-likeness (QED) is 0.766. The number of esters is 1. The fourth-order valence-corrected chi connectivity index (χ4v) is 3.44. The van der Waals surface area contributed by atoms with Crippen LogP contribution in [0.25, 0.3) is 0 Å². The van der Waals surface area contributed by atoms with Gasteiger partial charge in [0.05, 0.1) is 23.5 Å². The van der Waals surface area contributed by atoms with Crippen LogP contribution >= 0.6 is 11.6 Å². The van der Waals surface area contributed by atoms with E-state index in [0.29, 0.717) is 11.5 Å². The van der Waals surface area contributed by atoms with E-state index in [1.54, 1.807) is 6.92 Å². The van der Waals surface area contributed by atoms with Gasteiger partial charge in [0.2, 0.25) is 6.79 Å². The van der Waals surface area contributed by atoms with Crippen molar-refractivity contribution in [2.75, 3.05) is 18.1 Å². The number of H-pyrrole nitrogens is 1. The Balaban J connectivity index is 1.93. The second kappa shape index (κ2) is 6.21. The first-order valence-corrected chi connectivity index (χ1v) is 8.61. The normalized spacial score (nSPS) is 12.9. The van der Waals surface area contributed by atoms with E-state index >= 15 is 0 Å². The van der Waals surface area contributed by atoms with Gasteiger partial charge in [-0.2, -0.15) is 13.5 Å². The Morgan fingerprint density at radius 1 is 1.42 bits per heavy atom. The number of hydrogen-bond acceptors (Lipinski definition) is 7. The number of sulfonamides is 1. The molecule has 0 spiro atoms. The van der Waals surface area contributed by atoms with Crippen LogP contribution in [0.3, 0.4) is 0 Å². The van der Waals surface area contributed by atoms with E-state index in [-0.39, 0.29) is 29.7 Å². The van der Waals surface area contributed by atoms with Crippen molar-refractivity contribution in [3.8, 4) is 11.5 Å². The number of ether oxygens (including phenoxy) is 3. The minimum atomic E-state index is -4.15. The molecule has 2 aromatic rings. The largest absolute Gasteiger partial charge is 0.462 e. The maximum absolute atomic E-state index is 12.5. The highest BCUT2D eigenvalue weighted by atomic mass is 35.5. The van der Waals surface area contributed by atoms with Gasteiger partial charge in [-0.05, 0) is 6.92 Å². The highest BCUT2D eigenvalue weighted by molar-refractivity contribution is 7.92. The van der Waals surface area contributed by atoms with Gasteiger partial charge in [0.1, 0.15) is 5.56 Å². The Hall–Kier alpha value is -2.46. The summed E-state index contributed by atoms with van der Waals surface area (Å²) in [6, 6.07) is 2.82. The molecule has 3 rings (SSSR count). The van der Waals surface area contributed by atoms with Crippen molar-refractivity contribution in [2.24, 2.45) is 0 Å². The molecule has 0 unspecified atom stereocenters. The maximum Gasteiger partial charge on any atom is 0.342 e. The molecule has 0 radical (unpaired) electrons. The molecule has 24 heavy (non-hydrogen) atoms. The van der Waals surface area contributed by atoms with Crippen molar-refractivity contribution in [2.45, 2.75) is 11.9 Å².